The predicted octanol–water partition coefficient (Wildman–Crippen LogP) is 1.33. The summed E-state index contributed by atoms with van der Waals surface area (Å²) in [6.07, 6.45) is 1.36. The Morgan fingerprint density at radius 2 is 2.06 bits per heavy atom. The number of hydrogen-bond acceptors (Lipinski definition) is 4. The molecule has 0 aliphatic heterocycles. The van der Waals surface area contributed by atoms with Gasteiger partial charge in [0.1, 0.15) is 5.54 Å². The average Bonchev–Trinajstić information content (AvgIpc) is 2.16. The molecule has 0 rings (SSSR count). The largest absolute Gasteiger partial charge is 0.480 e. The quantitative estimate of drug-likeness (QED) is 0.538. The summed E-state index contributed by atoms with van der Waals surface area (Å²) < 4.78 is 0. The van der Waals surface area contributed by atoms with Crippen molar-refractivity contribution in [2.24, 2.45) is 0 Å². The number of nitrogens with one attached hydrogen (secondary N) is 1. The summed E-state index contributed by atoms with van der Waals surface area (Å²) in [5, 5.41) is 20.9. The Labute approximate surface area is 102 Å². The number of aliphatic hydroxyl groups excluding tert-OH is 1. The number of carbonyl (C=O) groups is 1. The van der Waals surface area contributed by atoms with Crippen molar-refractivity contribution in [3.05, 3.63) is 0 Å². The van der Waals surface area contributed by atoms with Crippen LogP contribution >= 0.6 is 11.8 Å². The topological polar surface area (TPSA) is 69.6 Å². The lowest BCUT2D eigenvalue weighted by Crippen LogP contribution is -2.52. The van der Waals surface area contributed by atoms with Crippen molar-refractivity contribution in [1.82, 2.24) is 5.32 Å². The van der Waals surface area contributed by atoms with Crippen molar-refractivity contribution in [1.29, 1.82) is 0 Å². The molecule has 0 aromatic heterocycles. The minimum Gasteiger partial charge on any atom is -0.480 e. The van der Waals surface area contributed by atoms with E-state index in [0.717, 1.165) is 17.9 Å². The van der Waals surface area contributed by atoms with E-state index in [9.17, 15) is 9.90 Å². The van der Waals surface area contributed by atoms with E-state index < -0.39 is 11.5 Å². The lowest BCUT2D eigenvalue weighted by Gasteiger charge is -2.28. The number of rotatable bonds is 9. The highest BCUT2D eigenvalue weighted by atomic mass is 32.2. The number of carboxylic acid groups (broad SMARTS) is 1. The third-order valence-electron chi connectivity index (χ3n) is 2.27. The van der Waals surface area contributed by atoms with Crippen LogP contribution in [0.15, 0.2) is 0 Å². The second-order valence-corrected chi connectivity index (χ2v) is 5.60. The van der Waals surface area contributed by atoms with E-state index in [1.165, 1.54) is 0 Å². The van der Waals surface area contributed by atoms with Crippen molar-refractivity contribution in [2.45, 2.75) is 45.2 Å². The van der Waals surface area contributed by atoms with Gasteiger partial charge < -0.3 is 10.2 Å². The molecule has 0 fully saturated rings. The highest BCUT2D eigenvalue weighted by Gasteiger charge is 2.32. The fourth-order valence-corrected chi connectivity index (χ4v) is 2.51. The highest BCUT2D eigenvalue weighted by Crippen LogP contribution is 2.16. The van der Waals surface area contributed by atoms with Gasteiger partial charge in [-0.2, -0.15) is 11.8 Å². The molecule has 0 aliphatic carbocycles. The van der Waals surface area contributed by atoms with Crippen LogP contribution in [0.2, 0.25) is 0 Å². The summed E-state index contributed by atoms with van der Waals surface area (Å²) >= 11 is 1.69. The molecular weight excluding hydrogens is 226 g/mol. The van der Waals surface area contributed by atoms with Gasteiger partial charge in [-0.1, -0.05) is 0 Å². The third-order valence-corrected chi connectivity index (χ3v) is 3.34. The second-order valence-electron chi connectivity index (χ2n) is 4.38. The smallest absolute Gasteiger partial charge is 0.323 e. The summed E-state index contributed by atoms with van der Waals surface area (Å²) in [6.45, 7) is 5.82. The van der Waals surface area contributed by atoms with E-state index in [4.69, 9.17) is 5.11 Å². The van der Waals surface area contributed by atoms with Crippen LogP contribution in [0.1, 0.15) is 33.6 Å². The fraction of sp³-hybridized carbons (Fsp3) is 0.909. The SMILES string of the molecule is CC(C)NC(C)(CCSCCCO)C(=O)O. The first kappa shape index (κ1) is 15.7. The molecule has 0 bridgehead atoms. The van der Waals surface area contributed by atoms with Gasteiger partial charge in [0.15, 0.2) is 0 Å². The van der Waals surface area contributed by atoms with E-state index in [2.05, 4.69) is 5.32 Å². The third kappa shape index (κ3) is 6.35. The second kappa shape index (κ2) is 7.92. The molecule has 0 amide bonds. The number of thioether (sulfide) groups is 1. The van der Waals surface area contributed by atoms with E-state index in [1.807, 2.05) is 13.8 Å². The first-order valence-corrected chi connectivity index (χ1v) is 6.77. The predicted molar refractivity (Wildman–Crippen MR) is 68.0 cm³/mol. The lowest BCUT2D eigenvalue weighted by atomic mass is 9.98. The normalized spacial score (nSPS) is 15.1. The van der Waals surface area contributed by atoms with E-state index >= 15 is 0 Å². The molecule has 3 N–H and O–H groups in total. The average molecular weight is 249 g/mol. The van der Waals surface area contributed by atoms with Crippen LogP contribution in [-0.4, -0.2) is 45.9 Å². The van der Waals surface area contributed by atoms with Crippen LogP contribution in [0.4, 0.5) is 0 Å². The first-order valence-electron chi connectivity index (χ1n) is 5.62. The summed E-state index contributed by atoms with van der Waals surface area (Å²) in [4.78, 5) is 11.2. The van der Waals surface area contributed by atoms with Gasteiger partial charge in [0, 0.05) is 12.6 Å². The molecular formula is C11H23NO3S. The molecule has 0 aliphatic rings. The number of aliphatic hydroxyl groups is 1. The molecule has 1 atom stereocenters. The van der Waals surface area contributed by atoms with Gasteiger partial charge in [-0.3, -0.25) is 10.1 Å². The van der Waals surface area contributed by atoms with Crippen molar-refractivity contribution in [3.8, 4) is 0 Å². The molecule has 16 heavy (non-hydrogen) atoms. The van der Waals surface area contributed by atoms with Crippen LogP contribution in [0.5, 0.6) is 0 Å². The number of carboxylic acids is 1. The molecule has 0 saturated carbocycles. The van der Waals surface area contributed by atoms with Gasteiger partial charge in [0.25, 0.3) is 0 Å². The van der Waals surface area contributed by atoms with Gasteiger partial charge in [-0.25, -0.2) is 0 Å². The molecule has 1 unspecified atom stereocenters. The van der Waals surface area contributed by atoms with Crippen molar-refractivity contribution >= 4 is 17.7 Å². The molecule has 0 aromatic carbocycles. The minimum absolute atomic E-state index is 0.156. The van der Waals surface area contributed by atoms with Gasteiger partial charge >= 0.3 is 5.97 Å². The number of hydrogen-bond donors (Lipinski definition) is 3. The Hall–Kier alpha value is -0.260. The van der Waals surface area contributed by atoms with Crippen LogP contribution in [0.25, 0.3) is 0 Å². The monoisotopic (exact) mass is 249 g/mol. The van der Waals surface area contributed by atoms with Crippen LogP contribution in [0, 0.1) is 0 Å². The van der Waals surface area contributed by atoms with Gasteiger partial charge in [-0.15, -0.1) is 0 Å². The maximum atomic E-state index is 11.2. The maximum Gasteiger partial charge on any atom is 0.323 e. The fourth-order valence-electron chi connectivity index (χ4n) is 1.42. The number of aliphatic carboxylic acids is 1. The highest BCUT2D eigenvalue weighted by molar-refractivity contribution is 7.99. The van der Waals surface area contributed by atoms with Crippen molar-refractivity contribution < 1.29 is 15.0 Å². The van der Waals surface area contributed by atoms with Gasteiger partial charge in [0.05, 0.1) is 0 Å². The Kier molecular flexibility index (Phi) is 7.80. The molecule has 96 valence electrons. The van der Waals surface area contributed by atoms with Crippen LogP contribution in [0.3, 0.4) is 0 Å². The molecule has 0 heterocycles. The van der Waals surface area contributed by atoms with Crippen molar-refractivity contribution in [2.75, 3.05) is 18.1 Å². The first-order chi connectivity index (χ1) is 7.42. The van der Waals surface area contributed by atoms with Crippen LogP contribution < -0.4 is 5.32 Å². The lowest BCUT2D eigenvalue weighted by molar-refractivity contribution is -0.144. The zero-order valence-electron chi connectivity index (χ0n) is 10.3. The van der Waals surface area contributed by atoms with E-state index in [0.29, 0.717) is 6.42 Å². The van der Waals surface area contributed by atoms with E-state index in [1.54, 1.807) is 18.7 Å². The summed E-state index contributed by atoms with van der Waals surface area (Å²) in [6, 6.07) is 0.156. The Morgan fingerprint density at radius 1 is 1.44 bits per heavy atom. The Bertz CT molecular complexity index is 211. The summed E-state index contributed by atoms with van der Waals surface area (Å²) in [5.41, 5.74) is -0.847. The Balaban J connectivity index is 3.98. The summed E-state index contributed by atoms with van der Waals surface area (Å²) in [7, 11) is 0. The maximum absolute atomic E-state index is 11.2. The molecule has 0 spiro atoms. The standard InChI is InChI=1S/C11H23NO3S/c1-9(2)12-11(3,10(14)15)5-8-16-7-4-6-13/h9,12-13H,4-8H2,1-3H3,(H,14,15). The van der Waals surface area contributed by atoms with Crippen LogP contribution in [-0.2, 0) is 4.79 Å². The van der Waals surface area contributed by atoms with Gasteiger partial charge in [-0.05, 0) is 45.1 Å². The summed E-state index contributed by atoms with van der Waals surface area (Å²) in [5.74, 6) is 0.875. The minimum atomic E-state index is -0.847. The van der Waals surface area contributed by atoms with Crippen molar-refractivity contribution in [3.63, 3.8) is 0 Å². The van der Waals surface area contributed by atoms with E-state index in [-0.39, 0.29) is 12.6 Å². The molecule has 5 heteroatoms. The zero-order valence-corrected chi connectivity index (χ0v) is 11.1. The molecule has 0 radical (unpaired) electrons. The zero-order chi connectivity index (χ0) is 12.6. The Morgan fingerprint density at radius 3 is 2.50 bits per heavy atom. The molecule has 0 saturated heterocycles. The molecule has 4 nitrogen and oxygen atoms in total. The van der Waals surface area contributed by atoms with Gasteiger partial charge in [0.2, 0.25) is 0 Å². The molecule has 0 aromatic rings.